The molecule has 2 amide bonds. The van der Waals surface area contributed by atoms with Gasteiger partial charge < -0.3 is 5.11 Å². The number of imide groups is 1. The third-order valence-corrected chi connectivity index (χ3v) is 4.92. The van der Waals surface area contributed by atoms with E-state index in [0.29, 0.717) is 11.1 Å². The summed E-state index contributed by atoms with van der Waals surface area (Å²) in [5.74, 6) is -0.343. The van der Waals surface area contributed by atoms with Gasteiger partial charge in [0.1, 0.15) is 0 Å². The zero-order valence-corrected chi connectivity index (χ0v) is 12.6. The summed E-state index contributed by atoms with van der Waals surface area (Å²) >= 11 is 0. The van der Waals surface area contributed by atoms with Crippen molar-refractivity contribution in [2.45, 2.75) is 45.6 Å². The van der Waals surface area contributed by atoms with Gasteiger partial charge in [-0.1, -0.05) is 25.0 Å². The molecule has 112 valence electrons. The Morgan fingerprint density at radius 3 is 2.10 bits per heavy atom. The lowest BCUT2D eigenvalue weighted by molar-refractivity contribution is 0.0399. The summed E-state index contributed by atoms with van der Waals surface area (Å²) in [6.45, 7) is 3.78. The zero-order chi connectivity index (χ0) is 15.1. The molecule has 3 rings (SSSR count). The molecule has 1 aliphatic carbocycles. The van der Waals surface area contributed by atoms with Crippen molar-refractivity contribution >= 4 is 11.8 Å². The minimum absolute atomic E-state index is 0.0153. The van der Waals surface area contributed by atoms with Gasteiger partial charge in [0.25, 0.3) is 11.8 Å². The fraction of sp³-hybridized carbons (Fsp3) is 0.529. The summed E-state index contributed by atoms with van der Waals surface area (Å²) in [4.78, 5) is 27.0. The number of carbonyl (C=O) groups excluding carboxylic acids is 2. The van der Waals surface area contributed by atoms with Crippen molar-refractivity contribution in [3.05, 3.63) is 34.4 Å². The first kappa shape index (κ1) is 14.3. The lowest BCUT2D eigenvalue weighted by Crippen LogP contribution is -2.47. The van der Waals surface area contributed by atoms with Gasteiger partial charge in [-0.05, 0) is 37.8 Å². The first-order chi connectivity index (χ1) is 10.1. The predicted molar refractivity (Wildman–Crippen MR) is 79.2 cm³/mol. The Bertz CT molecular complexity index is 567. The first-order valence-corrected chi connectivity index (χ1v) is 7.65. The van der Waals surface area contributed by atoms with E-state index in [1.807, 2.05) is 26.0 Å². The minimum atomic E-state index is -0.179. The topological polar surface area (TPSA) is 57.6 Å². The number of nitrogens with zero attached hydrogens (tertiary/aromatic N) is 1. The maximum atomic E-state index is 12.8. The van der Waals surface area contributed by atoms with E-state index in [4.69, 9.17) is 0 Å². The van der Waals surface area contributed by atoms with E-state index in [9.17, 15) is 14.7 Å². The molecule has 0 saturated heterocycles. The Morgan fingerprint density at radius 1 is 1.05 bits per heavy atom. The molecule has 21 heavy (non-hydrogen) atoms. The summed E-state index contributed by atoms with van der Waals surface area (Å²) < 4.78 is 0. The first-order valence-electron chi connectivity index (χ1n) is 7.65. The molecule has 2 atom stereocenters. The summed E-state index contributed by atoms with van der Waals surface area (Å²) in [6, 6.07) is 3.63. The van der Waals surface area contributed by atoms with Gasteiger partial charge in [0.05, 0.1) is 11.1 Å². The second-order valence-corrected chi connectivity index (χ2v) is 6.22. The Kier molecular flexibility index (Phi) is 3.57. The summed E-state index contributed by atoms with van der Waals surface area (Å²) in [5, 5.41) is 9.57. The molecule has 4 nitrogen and oxygen atoms in total. The number of hydrogen-bond donors (Lipinski definition) is 1. The Morgan fingerprint density at radius 2 is 1.57 bits per heavy atom. The number of benzene rings is 1. The molecule has 2 aliphatic rings. The average molecular weight is 287 g/mol. The van der Waals surface area contributed by atoms with Crippen molar-refractivity contribution in [2.75, 3.05) is 6.61 Å². The van der Waals surface area contributed by atoms with Gasteiger partial charge in [-0.15, -0.1) is 0 Å². The van der Waals surface area contributed by atoms with Crippen LogP contribution in [0.3, 0.4) is 0 Å². The molecule has 0 bridgehead atoms. The SMILES string of the molecule is Cc1ccc(C)c2c1C(=O)N(C1CCCCC1CO)C2=O. The molecule has 1 fully saturated rings. The van der Waals surface area contributed by atoms with Gasteiger partial charge in [0, 0.05) is 18.6 Å². The van der Waals surface area contributed by atoms with Crippen molar-refractivity contribution in [1.82, 2.24) is 4.90 Å². The lowest BCUT2D eigenvalue weighted by atomic mass is 9.84. The maximum Gasteiger partial charge on any atom is 0.262 e. The van der Waals surface area contributed by atoms with Gasteiger partial charge in [-0.25, -0.2) is 0 Å². The second-order valence-electron chi connectivity index (χ2n) is 6.22. The van der Waals surface area contributed by atoms with Crippen LogP contribution in [0.15, 0.2) is 12.1 Å². The fourth-order valence-corrected chi connectivity index (χ4v) is 3.74. The number of aryl methyl sites for hydroxylation is 2. The molecule has 0 radical (unpaired) electrons. The van der Waals surface area contributed by atoms with E-state index in [1.54, 1.807) is 0 Å². The second kappa shape index (κ2) is 5.26. The van der Waals surface area contributed by atoms with Gasteiger partial charge in [-0.2, -0.15) is 0 Å². The molecule has 1 saturated carbocycles. The summed E-state index contributed by atoms with van der Waals surface area (Å²) in [5.41, 5.74) is 2.82. The van der Waals surface area contributed by atoms with E-state index in [0.717, 1.165) is 36.8 Å². The molecular formula is C17H21NO3. The zero-order valence-electron chi connectivity index (χ0n) is 12.6. The van der Waals surface area contributed by atoms with Crippen molar-refractivity contribution in [3.8, 4) is 0 Å². The molecule has 2 unspecified atom stereocenters. The quantitative estimate of drug-likeness (QED) is 0.850. The number of carbonyl (C=O) groups is 2. The van der Waals surface area contributed by atoms with Crippen molar-refractivity contribution < 1.29 is 14.7 Å². The molecule has 1 aromatic rings. The fourth-order valence-electron chi connectivity index (χ4n) is 3.74. The number of amides is 2. The number of aliphatic hydroxyl groups is 1. The van der Waals surface area contributed by atoms with Crippen LogP contribution < -0.4 is 0 Å². The standard InChI is InChI=1S/C17H21NO3/c1-10-7-8-11(2)15-14(10)16(20)18(17(15)21)13-6-4-3-5-12(13)9-19/h7-8,12-13,19H,3-6,9H2,1-2H3. The predicted octanol–water partition coefficient (Wildman–Crippen LogP) is 2.45. The molecular weight excluding hydrogens is 266 g/mol. The molecule has 0 spiro atoms. The number of hydrogen-bond acceptors (Lipinski definition) is 3. The highest BCUT2D eigenvalue weighted by Crippen LogP contribution is 2.36. The van der Waals surface area contributed by atoms with Gasteiger partial charge in [-0.3, -0.25) is 14.5 Å². The van der Waals surface area contributed by atoms with E-state index >= 15 is 0 Å². The van der Waals surface area contributed by atoms with Crippen molar-refractivity contribution in [3.63, 3.8) is 0 Å². The van der Waals surface area contributed by atoms with Crippen LogP contribution in [-0.2, 0) is 0 Å². The average Bonchev–Trinajstić information content (AvgIpc) is 2.75. The van der Waals surface area contributed by atoms with Crippen LogP contribution in [0.1, 0.15) is 57.5 Å². The van der Waals surface area contributed by atoms with Crippen LogP contribution in [0.25, 0.3) is 0 Å². The van der Waals surface area contributed by atoms with E-state index < -0.39 is 0 Å². The normalized spacial score (nSPS) is 25.4. The van der Waals surface area contributed by atoms with Crippen LogP contribution >= 0.6 is 0 Å². The highest BCUT2D eigenvalue weighted by Gasteiger charge is 2.44. The van der Waals surface area contributed by atoms with Gasteiger partial charge in [0.15, 0.2) is 0 Å². The molecule has 1 heterocycles. The highest BCUT2D eigenvalue weighted by molar-refractivity contribution is 6.22. The maximum absolute atomic E-state index is 12.8. The largest absolute Gasteiger partial charge is 0.396 e. The van der Waals surface area contributed by atoms with E-state index in [-0.39, 0.29) is 30.4 Å². The van der Waals surface area contributed by atoms with Gasteiger partial charge in [0.2, 0.25) is 0 Å². The van der Waals surface area contributed by atoms with Crippen LogP contribution in [0.4, 0.5) is 0 Å². The minimum Gasteiger partial charge on any atom is -0.396 e. The Labute approximate surface area is 124 Å². The number of fused-ring (bicyclic) bond motifs is 1. The van der Waals surface area contributed by atoms with E-state index in [2.05, 4.69) is 0 Å². The Balaban J connectivity index is 2.03. The van der Waals surface area contributed by atoms with E-state index in [1.165, 1.54) is 4.90 Å². The highest BCUT2D eigenvalue weighted by atomic mass is 16.3. The molecule has 1 N–H and O–H groups in total. The number of rotatable bonds is 2. The van der Waals surface area contributed by atoms with Crippen LogP contribution in [0.2, 0.25) is 0 Å². The van der Waals surface area contributed by atoms with Crippen LogP contribution in [0.5, 0.6) is 0 Å². The molecule has 1 aromatic carbocycles. The van der Waals surface area contributed by atoms with Crippen LogP contribution in [0, 0.1) is 19.8 Å². The monoisotopic (exact) mass is 287 g/mol. The third kappa shape index (κ3) is 2.09. The summed E-state index contributed by atoms with van der Waals surface area (Å²) in [6.07, 6.45) is 3.75. The molecule has 0 aromatic heterocycles. The lowest BCUT2D eigenvalue weighted by Gasteiger charge is -2.35. The summed E-state index contributed by atoms with van der Waals surface area (Å²) in [7, 11) is 0. The smallest absolute Gasteiger partial charge is 0.262 e. The van der Waals surface area contributed by atoms with Gasteiger partial charge >= 0.3 is 0 Å². The number of aliphatic hydroxyl groups excluding tert-OH is 1. The molecule has 1 aliphatic heterocycles. The third-order valence-electron chi connectivity index (χ3n) is 4.92. The molecule has 4 heteroatoms. The van der Waals surface area contributed by atoms with Crippen molar-refractivity contribution in [2.24, 2.45) is 5.92 Å². The van der Waals surface area contributed by atoms with Crippen molar-refractivity contribution in [1.29, 1.82) is 0 Å². The Hall–Kier alpha value is -1.68. The van der Waals surface area contributed by atoms with Crippen LogP contribution in [-0.4, -0.2) is 34.5 Å².